The molecule has 0 radical (unpaired) electrons. The first-order chi connectivity index (χ1) is 12.5. The molecule has 0 saturated heterocycles. The van der Waals surface area contributed by atoms with E-state index in [0.717, 1.165) is 0 Å². The molecule has 0 aliphatic rings. The van der Waals surface area contributed by atoms with Crippen molar-refractivity contribution in [3.05, 3.63) is 68.4 Å². The molecule has 0 atom stereocenters. The largest absolute Gasteiger partial charge is 0.290 e. The highest BCUT2D eigenvalue weighted by Crippen LogP contribution is 2.15. The zero-order chi connectivity index (χ0) is 18.4. The standard InChI is InChI=1S/C17H15FN6O2/c1-3-13-19-17(21-20-13)23-9(2)15-12(8-14(23)25)22-24(16(15)26)11-6-4-10(18)5-7-11/h4-8,22H,3H2,1-2H3,(H,19,20,21). The third kappa shape index (κ3) is 2.36. The zero-order valence-electron chi connectivity index (χ0n) is 14.1. The van der Waals surface area contributed by atoms with Crippen LogP contribution in [0.15, 0.2) is 39.9 Å². The summed E-state index contributed by atoms with van der Waals surface area (Å²) < 4.78 is 15.7. The maximum atomic E-state index is 13.1. The summed E-state index contributed by atoms with van der Waals surface area (Å²) in [6, 6.07) is 6.82. The lowest BCUT2D eigenvalue weighted by Crippen LogP contribution is -2.22. The second kappa shape index (κ2) is 5.80. The number of aromatic nitrogens is 6. The molecule has 132 valence electrons. The van der Waals surface area contributed by atoms with Gasteiger partial charge in [-0.25, -0.2) is 13.6 Å². The summed E-state index contributed by atoms with van der Waals surface area (Å²) in [4.78, 5) is 29.7. The molecule has 1 aromatic carbocycles. The minimum absolute atomic E-state index is 0.195. The van der Waals surface area contributed by atoms with Crippen molar-refractivity contribution in [2.75, 3.05) is 0 Å². The van der Waals surface area contributed by atoms with Crippen molar-refractivity contribution in [1.29, 1.82) is 0 Å². The molecule has 0 saturated carbocycles. The van der Waals surface area contributed by atoms with E-state index in [0.29, 0.717) is 34.5 Å². The lowest BCUT2D eigenvalue weighted by Gasteiger charge is -2.04. The van der Waals surface area contributed by atoms with E-state index in [4.69, 9.17) is 0 Å². The van der Waals surface area contributed by atoms with Gasteiger partial charge in [-0.15, -0.1) is 5.10 Å². The second-order valence-corrected chi connectivity index (χ2v) is 5.86. The summed E-state index contributed by atoms with van der Waals surface area (Å²) in [5.74, 6) is 0.439. The molecule has 0 spiro atoms. The SMILES string of the molecule is CCc1nc(-n2c(C)c3c(=O)n(-c4ccc(F)cc4)[nH]c3cc2=O)n[nH]1. The van der Waals surface area contributed by atoms with E-state index in [1.165, 1.54) is 39.6 Å². The van der Waals surface area contributed by atoms with Gasteiger partial charge in [0.25, 0.3) is 17.1 Å². The number of benzene rings is 1. The van der Waals surface area contributed by atoms with E-state index in [1.807, 2.05) is 6.92 Å². The van der Waals surface area contributed by atoms with Gasteiger partial charge in [0.05, 0.1) is 16.6 Å². The molecule has 0 aliphatic carbocycles. The molecule has 3 heterocycles. The fourth-order valence-corrected chi connectivity index (χ4v) is 2.94. The van der Waals surface area contributed by atoms with Crippen LogP contribution in [0.3, 0.4) is 0 Å². The Morgan fingerprint density at radius 2 is 1.92 bits per heavy atom. The third-order valence-electron chi connectivity index (χ3n) is 4.24. The molecule has 8 nitrogen and oxygen atoms in total. The van der Waals surface area contributed by atoms with Crippen LogP contribution in [0.1, 0.15) is 18.4 Å². The predicted octanol–water partition coefficient (Wildman–Crippen LogP) is 1.60. The van der Waals surface area contributed by atoms with E-state index >= 15 is 0 Å². The number of rotatable bonds is 3. The minimum atomic E-state index is -0.398. The van der Waals surface area contributed by atoms with Crippen molar-refractivity contribution >= 4 is 10.9 Å². The number of H-pyrrole nitrogens is 2. The summed E-state index contributed by atoms with van der Waals surface area (Å²) in [6.45, 7) is 3.58. The van der Waals surface area contributed by atoms with Crippen LogP contribution in [0.5, 0.6) is 0 Å². The van der Waals surface area contributed by atoms with Crippen LogP contribution >= 0.6 is 0 Å². The Kier molecular flexibility index (Phi) is 3.57. The average molecular weight is 354 g/mol. The lowest BCUT2D eigenvalue weighted by molar-refractivity contribution is 0.627. The molecule has 4 aromatic rings. The molecule has 0 fully saturated rings. The Morgan fingerprint density at radius 3 is 2.58 bits per heavy atom. The number of fused-ring (bicyclic) bond motifs is 1. The monoisotopic (exact) mass is 354 g/mol. The van der Waals surface area contributed by atoms with E-state index in [9.17, 15) is 14.0 Å². The molecule has 4 rings (SSSR count). The Balaban J connectivity index is 1.98. The first kappa shape index (κ1) is 16.0. The molecule has 2 N–H and O–H groups in total. The van der Waals surface area contributed by atoms with E-state index in [1.54, 1.807) is 6.92 Å². The summed E-state index contributed by atoms with van der Waals surface area (Å²) in [5, 5.41) is 10.1. The van der Waals surface area contributed by atoms with Gasteiger partial charge in [0.15, 0.2) is 0 Å². The molecule has 3 aromatic heterocycles. The van der Waals surface area contributed by atoms with Gasteiger partial charge in [-0.3, -0.25) is 19.8 Å². The molecular formula is C17H15FN6O2. The van der Waals surface area contributed by atoms with E-state index in [2.05, 4.69) is 20.3 Å². The van der Waals surface area contributed by atoms with Crippen LogP contribution in [-0.2, 0) is 6.42 Å². The second-order valence-electron chi connectivity index (χ2n) is 5.86. The van der Waals surface area contributed by atoms with E-state index in [-0.39, 0.29) is 17.1 Å². The molecule has 0 unspecified atom stereocenters. The summed E-state index contributed by atoms with van der Waals surface area (Å²) in [5.41, 5.74) is 0.589. The number of aryl methyl sites for hydroxylation is 2. The molecular weight excluding hydrogens is 339 g/mol. The topological polar surface area (TPSA) is 101 Å². The van der Waals surface area contributed by atoms with Crippen molar-refractivity contribution < 1.29 is 4.39 Å². The number of aromatic amines is 2. The lowest BCUT2D eigenvalue weighted by atomic mass is 10.2. The minimum Gasteiger partial charge on any atom is -0.290 e. The smallest absolute Gasteiger partial charge is 0.280 e. The van der Waals surface area contributed by atoms with Crippen molar-refractivity contribution in [3.8, 4) is 11.6 Å². The quantitative estimate of drug-likeness (QED) is 0.583. The number of nitrogens with one attached hydrogen (secondary N) is 2. The molecule has 0 aliphatic heterocycles. The Labute approximate surface area is 145 Å². The van der Waals surface area contributed by atoms with Crippen LogP contribution < -0.4 is 11.1 Å². The number of nitrogens with zero attached hydrogens (tertiary/aromatic N) is 4. The summed E-state index contributed by atoms with van der Waals surface area (Å²) in [6.07, 6.45) is 0.643. The summed E-state index contributed by atoms with van der Waals surface area (Å²) in [7, 11) is 0. The third-order valence-corrected chi connectivity index (χ3v) is 4.24. The number of hydrogen-bond acceptors (Lipinski definition) is 4. The van der Waals surface area contributed by atoms with Gasteiger partial charge in [0.2, 0.25) is 0 Å². The van der Waals surface area contributed by atoms with Crippen molar-refractivity contribution in [1.82, 2.24) is 29.5 Å². The fourth-order valence-electron chi connectivity index (χ4n) is 2.94. The highest BCUT2D eigenvalue weighted by molar-refractivity contribution is 5.81. The normalized spacial score (nSPS) is 11.3. The van der Waals surface area contributed by atoms with Gasteiger partial charge in [0, 0.05) is 18.2 Å². The van der Waals surface area contributed by atoms with Crippen LogP contribution in [-0.4, -0.2) is 29.5 Å². The van der Waals surface area contributed by atoms with Gasteiger partial charge in [-0.2, -0.15) is 4.98 Å². The summed E-state index contributed by atoms with van der Waals surface area (Å²) >= 11 is 0. The maximum absolute atomic E-state index is 13.1. The van der Waals surface area contributed by atoms with Gasteiger partial charge >= 0.3 is 0 Å². The predicted molar refractivity (Wildman–Crippen MR) is 93.5 cm³/mol. The van der Waals surface area contributed by atoms with E-state index < -0.39 is 5.82 Å². The maximum Gasteiger partial charge on any atom is 0.280 e. The zero-order valence-corrected chi connectivity index (χ0v) is 14.1. The van der Waals surface area contributed by atoms with Gasteiger partial charge in [0.1, 0.15) is 11.6 Å². The Morgan fingerprint density at radius 1 is 1.19 bits per heavy atom. The van der Waals surface area contributed by atoms with Gasteiger partial charge in [-0.05, 0) is 31.2 Å². The van der Waals surface area contributed by atoms with Crippen LogP contribution in [0.4, 0.5) is 4.39 Å². The van der Waals surface area contributed by atoms with Crippen LogP contribution in [0.2, 0.25) is 0 Å². The number of pyridine rings is 1. The Hall–Kier alpha value is -3.49. The van der Waals surface area contributed by atoms with Gasteiger partial charge in [-0.1, -0.05) is 6.92 Å². The molecule has 0 amide bonds. The highest BCUT2D eigenvalue weighted by atomic mass is 19.1. The first-order valence-electron chi connectivity index (χ1n) is 8.04. The number of hydrogen-bond donors (Lipinski definition) is 2. The van der Waals surface area contributed by atoms with Crippen LogP contribution in [0, 0.1) is 12.7 Å². The van der Waals surface area contributed by atoms with Crippen LogP contribution in [0.25, 0.3) is 22.5 Å². The molecule has 0 bridgehead atoms. The number of halogens is 1. The first-order valence-corrected chi connectivity index (χ1v) is 8.04. The van der Waals surface area contributed by atoms with Crippen molar-refractivity contribution in [2.45, 2.75) is 20.3 Å². The molecule has 9 heteroatoms. The fraction of sp³-hybridized carbons (Fsp3) is 0.176. The average Bonchev–Trinajstić information content (AvgIpc) is 3.20. The molecule has 26 heavy (non-hydrogen) atoms. The Bertz CT molecular complexity index is 1230. The van der Waals surface area contributed by atoms with Gasteiger partial charge < -0.3 is 0 Å². The highest BCUT2D eigenvalue weighted by Gasteiger charge is 2.18. The van der Waals surface area contributed by atoms with Crippen molar-refractivity contribution in [3.63, 3.8) is 0 Å². The van der Waals surface area contributed by atoms with Crippen molar-refractivity contribution in [2.24, 2.45) is 0 Å².